The van der Waals surface area contributed by atoms with Crippen molar-refractivity contribution in [3.8, 4) is 0 Å². The fourth-order valence-corrected chi connectivity index (χ4v) is 2.65. The molecule has 0 aliphatic carbocycles. The van der Waals surface area contributed by atoms with Crippen LogP contribution in [0.25, 0.3) is 0 Å². The normalized spacial score (nSPS) is 44.7. The first-order chi connectivity index (χ1) is 5.31. The summed E-state index contributed by atoms with van der Waals surface area (Å²) in [6, 6.07) is 1.41. The number of hydrogen-bond acceptors (Lipinski definition) is 1. The fourth-order valence-electron chi connectivity index (χ4n) is 2.65. The summed E-state index contributed by atoms with van der Waals surface area (Å²) in [6.07, 6.45) is 4.81. The molecule has 0 spiro atoms. The third kappa shape index (κ3) is 1.18. The van der Waals surface area contributed by atoms with Gasteiger partial charge >= 0.3 is 0 Å². The molecule has 2 aliphatic rings. The number of nitrogens with zero attached hydrogens (tertiary/aromatic N) is 1. The molecule has 2 bridgehead atoms. The summed E-state index contributed by atoms with van der Waals surface area (Å²) in [5.74, 6) is 0.378. The fraction of sp³-hybridized carbons (Fsp3) is 1.00. The molecule has 0 aromatic heterocycles. The smallest absolute Gasteiger partial charge is 0.0923 e. The van der Waals surface area contributed by atoms with E-state index in [0.29, 0.717) is 18.0 Å². The maximum Gasteiger partial charge on any atom is 0.0923 e. The van der Waals surface area contributed by atoms with E-state index in [4.69, 9.17) is 0 Å². The molecule has 0 radical (unpaired) electrons. The van der Waals surface area contributed by atoms with Crippen LogP contribution in [0.2, 0.25) is 0 Å². The average Bonchev–Trinajstić information content (AvgIpc) is 2.26. The minimum atomic E-state index is -0.0964. The van der Waals surface area contributed by atoms with E-state index in [-0.39, 0.29) is 6.67 Å². The maximum atomic E-state index is 12.4. The van der Waals surface area contributed by atoms with Gasteiger partial charge in [-0.15, -0.1) is 0 Å². The van der Waals surface area contributed by atoms with Crippen LogP contribution in [0.4, 0.5) is 4.39 Å². The molecular weight excluding hydrogens is 141 g/mol. The van der Waals surface area contributed by atoms with E-state index in [1.807, 2.05) is 0 Å². The highest BCUT2D eigenvalue weighted by atomic mass is 19.1. The van der Waals surface area contributed by atoms with Gasteiger partial charge in [0, 0.05) is 12.1 Å². The van der Waals surface area contributed by atoms with Crippen molar-refractivity contribution in [1.82, 2.24) is 4.90 Å². The van der Waals surface area contributed by atoms with Crippen molar-refractivity contribution in [1.29, 1.82) is 0 Å². The lowest BCUT2D eigenvalue weighted by atomic mass is 9.92. The molecule has 2 fully saturated rings. The van der Waals surface area contributed by atoms with Crippen LogP contribution in [0.5, 0.6) is 0 Å². The predicted molar refractivity (Wildman–Crippen MR) is 43.3 cm³/mol. The number of alkyl halides is 1. The summed E-state index contributed by atoms with van der Waals surface area (Å²) in [5.41, 5.74) is 0. The van der Waals surface area contributed by atoms with Gasteiger partial charge in [-0.25, -0.2) is 0 Å². The Morgan fingerprint density at radius 1 is 1.27 bits per heavy atom. The van der Waals surface area contributed by atoms with Gasteiger partial charge in [-0.05, 0) is 38.6 Å². The second-order valence-electron chi connectivity index (χ2n) is 4.04. The first-order valence-corrected chi connectivity index (χ1v) is 4.59. The zero-order valence-electron chi connectivity index (χ0n) is 7.09. The molecule has 11 heavy (non-hydrogen) atoms. The Kier molecular flexibility index (Phi) is 1.88. The van der Waals surface area contributed by atoms with E-state index in [2.05, 4.69) is 11.9 Å². The molecule has 0 N–H and O–H groups in total. The lowest BCUT2D eigenvalue weighted by Crippen LogP contribution is -2.40. The van der Waals surface area contributed by atoms with Crippen LogP contribution in [0.3, 0.4) is 0 Å². The van der Waals surface area contributed by atoms with Gasteiger partial charge in [0.15, 0.2) is 0 Å². The van der Waals surface area contributed by atoms with E-state index < -0.39 is 0 Å². The van der Waals surface area contributed by atoms with Crippen LogP contribution >= 0.6 is 0 Å². The van der Waals surface area contributed by atoms with Gasteiger partial charge in [0.2, 0.25) is 0 Å². The topological polar surface area (TPSA) is 3.24 Å². The Morgan fingerprint density at radius 2 is 1.82 bits per heavy atom. The molecule has 2 saturated heterocycles. The van der Waals surface area contributed by atoms with Crippen molar-refractivity contribution in [2.75, 3.05) is 13.7 Å². The van der Waals surface area contributed by atoms with Crippen LogP contribution in [0, 0.1) is 5.92 Å². The molecule has 2 heteroatoms. The quantitative estimate of drug-likeness (QED) is 0.561. The van der Waals surface area contributed by atoms with Crippen LogP contribution in [0.1, 0.15) is 25.7 Å². The Labute approximate surface area is 67.6 Å². The van der Waals surface area contributed by atoms with Crippen molar-refractivity contribution in [2.45, 2.75) is 37.8 Å². The summed E-state index contributed by atoms with van der Waals surface area (Å²) in [5, 5.41) is 0. The van der Waals surface area contributed by atoms with Crippen molar-refractivity contribution in [3.05, 3.63) is 0 Å². The molecule has 2 atom stereocenters. The summed E-state index contributed by atoms with van der Waals surface area (Å²) in [7, 11) is 2.19. The highest BCUT2D eigenvalue weighted by Gasteiger charge is 2.37. The Balaban J connectivity index is 2.02. The van der Waals surface area contributed by atoms with Gasteiger partial charge in [-0.3, -0.25) is 4.39 Å². The highest BCUT2D eigenvalue weighted by molar-refractivity contribution is 4.92. The van der Waals surface area contributed by atoms with Gasteiger partial charge < -0.3 is 4.90 Å². The van der Waals surface area contributed by atoms with E-state index in [9.17, 15) is 4.39 Å². The third-order valence-corrected chi connectivity index (χ3v) is 3.41. The summed E-state index contributed by atoms with van der Waals surface area (Å²) in [6.45, 7) is -0.0964. The van der Waals surface area contributed by atoms with Crippen molar-refractivity contribution >= 4 is 0 Å². The van der Waals surface area contributed by atoms with E-state index in [1.54, 1.807) is 0 Å². The van der Waals surface area contributed by atoms with Gasteiger partial charge in [-0.1, -0.05) is 0 Å². The maximum absolute atomic E-state index is 12.4. The first kappa shape index (κ1) is 7.53. The molecule has 2 aliphatic heterocycles. The first-order valence-electron chi connectivity index (χ1n) is 4.59. The lowest BCUT2D eigenvalue weighted by molar-refractivity contribution is 0.119. The van der Waals surface area contributed by atoms with Gasteiger partial charge in [0.05, 0.1) is 6.67 Å². The molecule has 2 unspecified atom stereocenters. The van der Waals surface area contributed by atoms with Crippen molar-refractivity contribution < 1.29 is 4.39 Å². The highest BCUT2D eigenvalue weighted by Crippen LogP contribution is 2.37. The molecule has 0 saturated carbocycles. The van der Waals surface area contributed by atoms with Gasteiger partial charge in [0.1, 0.15) is 0 Å². The number of halogens is 1. The molecule has 1 nitrogen and oxygen atoms in total. The summed E-state index contributed by atoms with van der Waals surface area (Å²) < 4.78 is 12.4. The molecule has 0 aromatic carbocycles. The van der Waals surface area contributed by atoms with E-state index >= 15 is 0 Å². The second kappa shape index (κ2) is 2.74. The minimum absolute atomic E-state index is 0.0964. The second-order valence-corrected chi connectivity index (χ2v) is 4.04. The molecule has 0 aromatic rings. The Bertz CT molecular complexity index is 134. The molecule has 64 valence electrons. The molecule has 0 amide bonds. The van der Waals surface area contributed by atoms with Gasteiger partial charge in [0.25, 0.3) is 0 Å². The number of rotatable bonds is 1. The zero-order valence-corrected chi connectivity index (χ0v) is 7.09. The third-order valence-electron chi connectivity index (χ3n) is 3.41. The number of piperidine rings is 1. The number of fused-ring (bicyclic) bond motifs is 2. The van der Waals surface area contributed by atoms with E-state index in [0.717, 1.165) is 12.8 Å². The number of hydrogen-bond donors (Lipinski definition) is 0. The summed E-state index contributed by atoms with van der Waals surface area (Å²) in [4.78, 5) is 2.45. The van der Waals surface area contributed by atoms with E-state index in [1.165, 1.54) is 12.8 Å². The Morgan fingerprint density at radius 3 is 2.27 bits per heavy atom. The monoisotopic (exact) mass is 157 g/mol. The Hall–Kier alpha value is -0.110. The summed E-state index contributed by atoms with van der Waals surface area (Å²) >= 11 is 0. The predicted octanol–water partition coefficient (Wildman–Crippen LogP) is 1.83. The molecule has 2 heterocycles. The lowest BCUT2D eigenvalue weighted by Gasteiger charge is -2.35. The zero-order chi connectivity index (χ0) is 7.84. The standard InChI is InChI=1S/C9H16FN/c1-11-8-2-3-9(11)5-7(4-8)6-10/h7-9H,2-6H2,1H3. The van der Waals surface area contributed by atoms with Crippen LogP contribution in [-0.4, -0.2) is 30.7 Å². The van der Waals surface area contributed by atoms with Crippen LogP contribution in [0.15, 0.2) is 0 Å². The van der Waals surface area contributed by atoms with Crippen LogP contribution < -0.4 is 0 Å². The molecular formula is C9H16FN. The molecule has 2 rings (SSSR count). The van der Waals surface area contributed by atoms with Crippen LogP contribution in [-0.2, 0) is 0 Å². The average molecular weight is 157 g/mol. The van der Waals surface area contributed by atoms with Crippen molar-refractivity contribution in [3.63, 3.8) is 0 Å². The largest absolute Gasteiger partial charge is 0.300 e. The minimum Gasteiger partial charge on any atom is -0.300 e. The van der Waals surface area contributed by atoms with Crippen molar-refractivity contribution in [2.24, 2.45) is 5.92 Å². The SMILES string of the molecule is CN1C2CCC1CC(CF)C2. The van der Waals surface area contributed by atoms with Gasteiger partial charge in [-0.2, -0.15) is 0 Å².